The van der Waals surface area contributed by atoms with E-state index < -0.39 is 10.0 Å². The first-order chi connectivity index (χ1) is 9.48. The lowest BCUT2D eigenvalue weighted by atomic mass is 10.3. The van der Waals surface area contributed by atoms with Crippen molar-refractivity contribution in [1.29, 1.82) is 0 Å². The molecule has 0 fully saturated rings. The molecule has 106 valence electrons. The van der Waals surface area contributed by atoms with Crippen LogP contribution in [0.5, 0.6) is 0 Å². The lowest BCUT2D eigenvalue weighted by Crippen LogP contribution is -2.15. The number of rotatable bonds is 5. The molecule has 0 saturated heterocycles. The Kier molecular flexibility index (Phi) is 4.56. The van der Waals surface area contributed by atoms with Crippen LogP contribution in [0.1, 0.15) is 6.92 Å². The van der Waals surface area contributed by atoms with Crippen LogP contribution < -0.4 is 10.0 Å². The number of hydrogen-bond donors (Lipinski definition) is 2. The van der Waals surface area contributed by atoms with Gasteiger partial charge in [0.05, 0.1) is 5.75 Å². The van der Waals surface area contributed by atoms with Crippen LogP contribution in [0.25, 0.3) is 0 Å². The van der Waals surface area contributed by atoms with Crippen molar-refractivity contribution in [2.75, 3.05) is 15.8 Å². The molecule has 1 aromatic heterocycles. The third-order valence-electron chi connectivity index (χ3n) is 2.40. The maximum Gasteiger partial charge on any atom is 0.233 e. The number of sulfonamides is 1. The highest BCUT2D eigenvalue weighted by Crippen LogP contribution is 2.19. The molecule has 0 aliphatic heterocycles. The molecule has 0 aliphatic rings. The number of anilines is 3. The van der Waals surface area contributed by atoms with Gasteiger partial charge in [-0.15, -0.1) is 10.2 Å². The quantitative estimate of drug-likeness (QED) is 0.860. The van der Waals surface area contributed by atoms with E-state index in [4.69, 9.17) is 0 Å². The largest absolute Gasteiger partial charge is 0.339 e. The Hall–Kier alpha value is -1.67. The number of aromatic nitrogens is 2. The first-order valence-electron chi connectivity index (χ1n) is 5.85. The van der Waals surface area contributed by atoms with E-state index in [2.05, 4.69) is 36.2 Å². The van der Waals surface area contributed by atoms with Crippen LogP contribution in [0.2, 0.25) is 0 Å². The van der Waals surface area contributed by atoms with Crippen LogP contribution in [0.15, 0.2) is 40.9 Å². The zero-order chi connectivity index (χ0) is 14.6. The smallest absolute Gasteiger partial charge is 0.233 e. The van der Waals surface area contributed by atoms with Gasteiger partial charge in [-0.25, -0.2) is 8.42 Å². The lowest BCUT2D eigenvalue weighted by molar-refractivity contribution is 0.602. The molecule has 2 aromatic rings. The van der Waals surface area contributed by atoms with E-state index in [1.54, 1.807) is 19.1 Å². The van der Waals surface area contributed by atoms with Crippen LogP contribution in [0.3, 0.4) is 0 Å². The second kappa shape index (κ2) is 6.19. The zero-order valence-corrected chi connectivity index (χ0v) is 13.1. The molecule has 2 N–H and O–H groups in total. The first-order valence-corrected chi connectivity index (χ1v) is 8.30. The van der Waals surface area contributed by atoms with Crippen molar-refractivity contribution in [2.45, 2.75) is 6.92 Å². The molecule has 0 unspecified atom stereocenters. The topological polar surface area (TPSA) is 84.0 Å². The van der Waals surface area contributed by atoms with Gasteiger partial charge in [-0.3, -0.25) is 4.72 Å². The summed E-state index contributed by atoms with van der Waals surface area (Å²) in [5.74, 6) is 0.724. The lowest BCUT2D eigenvalue weighted by Gasteiger charge is -2.07. The van der Waals surface area contributed by atoms with Crippen molar-refractivity contribution in [1.82, 2.24) is 10.2 Å². The fourth-order valence-electron chi connectivity index (χ4n) is 1.40. The minimum atomic E-state index is -3.33. The fraction of sp³-hybridized carbons (Fsp3) is 0.167. The van der Waals surface area contributed by atoms with Crippen LogP contribution in [0.4, 0.5) is 17.3 Å². The highest BCUT2D eigenvalue weighted by molar-refractivity contribution is 9.10. The van der Waals surface area contributed by atoms with Gasteiger partial charge >= 0.3 is 0 Å². The van der Waals surface area contributed by atoms with Crippen molar-refractivity contribution in [3.8, 4) is 0 Å². The van der Waals surface area contributed by atoms with Gasteiger partial charge in [-0.05, 0) is 37.3 Å². The first kappa shape index (κ1) is 14.7. The summed E-state index contributed by atoms with van der Waals surface area (Å²) in [4.78, 5) is 0. The van der Waals surface area contributed by atoms with Crippen LogP contribution >= 0.6 is 15.9 Å². The summed E-state index contributed by atoms with van der Waals surface area (Å²) in [6, 6.07) is 10.8. The van der Waals surface area contributed by atoms with E-state index in [0.717, 1.165) is 10.2 Å². The average molecular weight is 357 g/mol. The van der Waals surface area contributed by atoms with E-state index >= 15 is 0 Å². The highest BCUT2D eigenvalue weighted by Gasteiger charge is 2.08. The maximum absolute atomic E-state index is 11.4. The molecule has 8 heteroatoms. The van der Waals surface area contributed by atoms with Crippen molar-refractivity contribution >= 4 is 43.3 Å². The molecular formula is C12H13BrN4O2S. The van der Waals surface area contributed by atoms with E-state index in [9.17, 15) is 8.42 Å². The molecule has 0 saturated carbocycles. The molecular weight excluding hydrogens is 344 g/mol. The van der Waals surface area contributed by atoms with Gasteiger partial charge in [0.15, 0.2) is 11.6 Å². The van der Waals surface area contributed by atoms with Crippen molar-refractivity contribution in [2.24, 2.45) is 0 Å². The van der Waals surface area contributed by atoms with E-state index in [1.807, 2.05) is 24.3 Å². The van der Waals surface area contributed by atoms with Gasteiger partial charge in [-0.2, -0.15) is 0 Å². The second-order valence-corrected chi connectivity index (χ2v) is 6.87. The Bertz CT molecular complexity index is 689. The zero-order valence-electron chi connectivity index (χ0n) is 10.7. The third-order valence-corrected chi connectivity index (χ3v) is 4.18. The highest BCUT2D eigenvalue weighted by atomic mass is 79.9. The van der Waals surface area contributed by atoms with Crippen molar-refractivity contribution < 1.29 is 8.42 Å². The molecule has 20 heavy (non-hydrogen) atoms. The molecule has 0 amide bonds. The molecule has 2 rings (SSSR count). The Balaban J connectivity index is 2.09. The summed E-state index contributed by atoms with van der Waals surface area (Å²) in [7, 11) is -3.33. The van der Waals surface area contributed by atoms with Gasteiger partial charge in [0.2, 0.25) is 10.0 Å². The van der Waals surface area contributed by atoms with E-state index in [0.29, 0.717) is 5.82 Å². The third kappa shape index (κ3) is 4.17. The fourth-order valence-corrected chi connectivity index (χ4v) is 2.37. The normalized spacial score (nSPS) is 11.1. The molecule has 0 aliphatic carbocycles. The summed E-state index contributed by atoms with van der Waals surface area (Å²) < 4.78 is 26.0. The van der Waals surface area contributed by atoms with E-state index in [-0.39, 0.29) is 11.6 Å². The maximum atomic E-state index is 11.4. The van der Waals surface area contributed by atoms with Gasteiger partial charge in [0, 0.05) is 10.2 Å². The Labute approximate surface area is 125 Å². The van der Waals surface area contributed by atoms with Crippen molar-refractivity contribution in [3.05, 3.63) is 40.9 Å². The van der Waals surface area contributed by atoms with Gasteiger partial charge in [0.25, 0.3) is 0 Å². The number of nitrogens with zero attached hydrogens (tertiary/aromatic N) is 2. The minimum absolute atomic E-state index is 0.00722. The molecule has 1 heterocycles. The number of benzene rings is 1. The Morgan fingerprint density at radius 3 is 2.45 bits per heavy atom. The predicted octanol–water partition coefficient (Wildman–Crippen LogP) is 2.74. The number of nitrogens with one attached hydrogen (secondary N) is 2. The van der Waals surface area contributed by atoms with Gasteiger partial charge < -0.3 is 5.32 Å². The van der Waals surface area contributed by atoms with Crippen molar-refractivity contribution in [3.63, 3.8) is 0 Å². The summed E-state index contributed by atoms with van der Waals surface area (Å²) in [5, 5.41) is 10.8. The standard InChI is InChI=1S/C12H13BrN4O2S/c1-2-20(18,19)17-12-7-6-11(15-16-12)14-10-5-3-4-9(13)8-10/h3-8H,2H2,1H3,(H,14,15)(H,16,17). The number of hydrogen-bond acceptors (Lipinski definition) is 5. The summed E-state index contributed by atoms with van der Waals surface area (Å²) in [5.41, 5.74) is 0.857. The predicted molar refractivity (Wildman–Crippen MR) is 82.5 cm³/mol. The van der Waals surface area contributed by atoms with Crippen LogP contribution in [-0.4, -0.2) is 24.4 Å². The molecule has 0 spiro atoms. The molecule has 0 radical (unpaired) electrons. The summed E-state index contributed by atoms with van der Waals surface area (Å²) in [6.07, 6.45) is 0. The molecule has 0 bridgehead atoms. The summed E-state index contributed by atoms with van der Waals surface area (Å²) >= 11 is 3.38. The molecule has 0 atom stereocenters. The van der Waals surface area contributed by atoms with Crippen LogP contribution in [0, 0.1) is 0 Å². The number of halogens is 1. The summed E-state index contributed by atoms with van der Waals surface area (Å²) in [6.45, 7) is 1.55. The monoisotopic (exact) mass is 356 g/mol. The molecule has 6 nitrogen and oxygen atoms in total. The molecule has 1 aromatic carbocycles. The van der Waals surface area contributed by atoms with Crippen LogP contribution in [-0.2, 0) is 10.0 Å². The van der Waals surface area contributed by atoms with Gasteiger partial charge in [0.1, 0.15) is 0 Å². The van der Waals surface area contributed by atoms with E-state index in [1.165, 1.54) is 0 Å². The SMILES string of the molecule is CCS(=O)(=O)Nc1ccc(Nc2cccc(Br)c2)nn1. The Morgan fingerprint density at radius 2 is 1.85 bits per heavy atom. The average Bonchev–Trinajstić information content (AvgIpc) is 2.41. The minimum Gasteiger partial charge on any atom is -0.339 e. The van der Waals surface area contributed by atoms with Gasteiger partial charge in [-0.1, -0.05) is 22.0 Å². The second-order valence-electron chi connectivity index (χ2n) is 3.94. The Morgan fingerprint density at radius 1 is 1.15 bits per heavy atom.